The topological polar surface area (TPSA) is 111 Å². The highest BCUT2D eigenvalue weighted by Crippen LogP contribution is 2.39. The van der Waals surface area contributed by atoms with Crippen LogP contribution in [0.5, 0.6) is 0 Å². The lowest BCUT2D eigenvalue weighted by Crippen LogP contribution is -2.31. The van der Waals surface area contributed by atoms with Gasteiger partial charge in [0.15, 0.2) is 5.60 Å². The second-order valence-corrected chi connectivity index (χ2v) is 11.4. The molecule has 0 radical (unpaired) electrons. The number of aliphatic hydroxyl groups is 1. The molecule has 0 amide bonds. The van der Waals surface area contributed by atoms with Crippen LogP contribution in [0.2, 0.25) is 5.02 Å². The third kappa shape index (κ3) is 4.92. The molecule has 0 spiro atoms. The zero-order chi connectivity index (χ0) is 30.3. The van der Waals surface area contributed by atoms with Crippen LogP contribution in [0.4, 0.5) is 0 Å². The van der Waals surface area contributed by atoms with Gasteiger partial charge in [0.05, 0.1) is 29.4 Å². The molecule has 0 saturated heterocycles. The first-order valence-corrected chi connectivity index (χ1v) is 14.7. The summed E-state index contributed by atoms with van der Waals surface area (Å²) < 4.78 is 5.57. The molecule has 0 aliphatic rings. The van der Waals surface area contributed by atoms with Gasteiger partial charge in [0.1, 0.15) is 0 Å². The van der Waals surface area contributed by atoms with Crippen molar-refractivity contribution in [1.29, 1.82) is 0 Å². The number of aryl methyl sites for hydroxylation is 2. The Bertz CT molecular complexity index is 2100. The maximum atomic E-state index is 12.7. The molecule has 4 heterocycles. The third-order valence-corrected chi connectivity index (χ3v) is 8.39. The molecule has 7 rings (SSSR count). The predicted molar refractivity (Wildman–Crippen MR) is 169 cm³/mol. The number of aromatic nitrogens is 8. The molecule has 44 heavy (non-hydrogen) atoms. The normalized spacial score (nSPS) is 13.1. The van der Waals surface area contributed by atoms with Crippen molar-refractivity contribution in [3.05, 3.63) is 131 Å². The van der Waals surface area contributed by atoms with Crippen molar-refractivity contribution in [2.75, 3.05) is 6.54 Å². The molecule has 3 aromatic carbocycles. The number of halogens is 1. The van der Waals surface area contributed by atoms with Gasteiger partial charge in [0.25, 0.3) is 5.78 Å². The summed E-state index contributed by atoms with van der Waals surface area (Å²) in [6, 6.07) is 25.5. The van der Waals surface area contributed by atoms with Crippen molar-refractivity contribution in [2.24, 2.45) is 14.1 Å². The highest BCUT2D eigenvalue weighted by Gasteiger charge is 2.37. The van der Waals surface area contributed by atoms with E-state index in [2.05, 4.69) is 67.9 Å². The average molecular weight is 604 g/mol. The van der Waals surface area contributed by atoms with Crippen molar-refractivity contribution in [3.8, 4) is 11.3 Å². The molecular formula is C33H30ClN9O. The number of nitrogens with zero attached hydrogens (tertiary/aromatic N) is 8. The fourth-order valence-electron chi connectivity index (χ4n) is 5.80. The van der Waals surface area contributed by atoms with Crippen molar-refractivity contribution in [2.45, 2.75) is 18.6 Å². The summed E-state index contributed by atoms with van der Waals surface area (Å²) in [5, 5.41) is 29.7. The van der Waals surface area contributed by atoms with E-state index in [4.69, 9.17) is 16.6 Å². The number of hydrogen-bond acceptors (Lipinski definition) is 7. The van der Waals surface area contributed by atoms with Gasteiger partial charge in [0.2, 0.25) is 0 Å². The van der Waals surface area contributed by atoms with Gasteiger partial charge in [-0.3, -0.25) is 0 Å². The summed E-state index contributed by atoms with van der Waals surface area (Å²) in [6.45, 7) is 1.59. The number of imidazole rings is 1. The zero-order valence-corrected chi connectivity index (χ0v) is 25.0. The van der Waals surface area contributed by atoms with Crippen LogP contribution in [0.25, 0.3) is 27.9 Å². The first-order chi connectivity index (χ1) is 21.4. The van der Waals surface area contributed by atoms with Crippen LogP contribution in [-0.2, 0) is 32.7 Å². The van der Waals surface area contributed by atoms with Crippen molar-refractivity contribution in [1.82, 2.24) is 44.5 Å². The van der Waals surface area contributed by atoms with E-state index in [1.807, 2.05) is 66.2 Å². The molecule has 1 atom stereocenters. The first kappa shape index (κ1) is 27.9. The van der Waals surface area contributed by atoms with E-state index in [9.17, 15) is 5.11 Å². The van der Waals surface area contributed by atoms with Gasteiger partial charge in [-0.15, -0.1) is 0 Å². The molecule has 4 aromatic heterocycles. The van der Waals surface area contributed by atoms with Crippen LogP contribution in [0.15, 0.2) is 97.6 Å². The maximum Gasteiger partial charge on any atom is 0.274 e. The van der Waals surface area contributed by atoms with Gasteiger partial charge in [-0.2, -0.15) is 4.52 Å². The molecule has 0 saturated carbocycles. The lowest BCUT2D eigenvalue weighted by molar-refractivity contribution is 0.117. The molecular weight excluding hydrogens is 574 g/mol. The minimum absolute atomic E-state index is 0.370. The molecule has 0 aliphatic carbocycles. The predicted octanol–water partition coefficient (Wildman–Crippen LogP) is 4.68. The van der Waals surface area contributed by atoms with Crippen LogP contribution in [0.3, 0.4) is 0 Å². The highest BCUT2D eigenvalue weighted by molar-refractivity contribution is 6.30. The standard InChI is InChI=1S/C33H30ClN9O/c1-41-16-4-7-27(41)14-15-35-19-22-8-10-24(11-9-22)33(44,30-20-36-21-42(30)2)25-12-13-29-28(18-25)31(23-5-3-6-26(34)17-23)37-32-38-39-40-43(29)32/h3-13,16-18,20-21,35,44H,14-15,19H2,1-2H3. The molecule has 2 N–H and O–H groups in total. The maximum absolute atomic E-state index is 12.7. The number of rotatable bonds is 9. The fourth-order valence-corrected chi connectivity index (χ4v) is 5.99. The van der Waals surface area contributed by atoms with Crippen LogP contribution in [0, 0.1) is 0 Å². The summed E-state index contributed by atoms with van der Waals surface area (Å²) in [6.07, 6.45) is 6.40. The lowest BCUT2D eigenvalue weighted by Gasteiger charge is -2.30. The Hall–Kier alpha value is -4.90. The smallest absolute Gasteiger partial charge is 0.274 e. The molecule has 11 heteroatoms. The van der Waals surface area contributed by atoms with Gasteiger partial charge in [-0.05, 0) is 63.5 Å². The van der Waals surface area contributed by atoms with Gasteiger partial charge in [-0.25, -0.2) is 9.97 Å². The Morgan fingerprint density at radius 2 is 1.77 bits per heavy atom. The second kappa shape index (κ2) is 11.3. The lowest BCUT2D eigenvalue weighted by atomic mass is 9.82. The minimum atomic E-state index is -1.51. The quantitative estimate of drug-likeness (QED) is 0.231. The average Bonchev–Trinajstić information content (AvgIpc) is 3.80. The summed E-state index contributed by atoms with van der Waals surface area (Å²) in [7, 11) is 3.94. The number of benzene rings is 3. The Morgan fingerprint density at radius 1 is 0.932 bits per heavy atom. The monoisotopic (exact) mass is 603 g/mol. The van der Waals surface area contributed by atoms with Gasteiger partial charge in [-0.1, -0.05) is 59.2 Å². The van der Waals surface area contributed by atoms with Crippen LogP contribution >= 0.6 is 11.6 Å². The Labute approximate surface area is 258 Å². The van der Waals surface area contributed by atoms with Gasteiger partial charge >= 0.3 is 0 Å². The van der Waals surface area contributed by atoms with Crippen LogP contribution < -0.4 is 5.32 Å². The summed E-state index contributed by atoms with van der Waals surface area (Å²) in [4.78, 5) is 9.12. The molecule has 1 unspecified atom stereocenters. The number of fused-ring (bicyclic) bond motifs is 3. The molecule has 10 nitrogen and oxygen atoms in total. The van der Waals surface area contributed by atoms with Crippen LogP contribution in [0.1, 0.15) is 28.1 Å². The first-order valence-electron chi connectivity index (χ1n) is 14.3. The van der Waals surface area contributed by atoms with Gasteiger partial charge < -0.3 is 19.6 Å². The SMILES string of the molecule is Cn1cccc1CCNCc1ccc(C(O)(c2ccc3c(c2)c(-c2cccc(Cl)c2)nc2nnnn23)c2cncn2C)cc1. The van der Waals surface area contributed by atoms with Crippen molar-refractivity contribution in [3.63, 3.8) is 0 Å². The number of nitrogens with one attached hydrogen (secondary N) is 1. The zero-order valence-electron chi connectivity index (χ0n) is 24.3. The summed E-state index contributed by atoms with van der Waals surface area (Å²) >= 11 is 6.37. The molecule has 0 fully saturated rings. The second-order valence-electron chi connectivity index (χ2n) is 10.9. The Morgan fingerprint density at radius 3 is 2.52 bits per heavy atom. The molecule has 7 aromatic rings. The van der Waals surface area contributed by atoms with E-state index in [0.717, 1.165) is 41.5 Å². The Kier molecular flexibility index (Phi) is 7.17. The highest BCUT2D eigenvalue weighted by atomic mass is 35.5. The molecule has 0 aliphatic heterocycles. The number of hydrogen-bond donors (Lipinski definition) is 2. The minimum Gasteiger partial charge on any atom is -0.374 e. The summed E-state index contributed by atoms with van der Waals surface area (Å²) in [5.74, 6) is 0.370. The van der Waals surface area contributed by atoms with Crippen molar-refractivity contribution < 1.29 is 5.11 Å². The van der Waals surface area contributed by atoms with Crippen LogP contribution in [-0.4, -0.2) is 50.8 Å². The fraction of sp³-hybridized carbons (Fsp3) is 0.182. The Balaban J connectivity index is 1.28. The van der Waals surface area contributed by atoms with E-state index in [1.165, 1.54) is 5.69 Å². The van der Waals surface area contributed by atoms with E-state index >= 15 is 0 Å². The van der Waals surface area contributed by atoms with E-state index in [-0.39, 0.29) is 0 Å². The third-order valence-electron chi connectivity index (χ3n) is 8.16. The van der Waals surface area contributed by atoms with Crippen molar-refractivity contribution >= 4 is 28.3 Å². The largest absolute Gasteiger partial charge is 0.374 e. The molecule has 0 bridgehead atoms. The number of tetrazole rings is 1. The van der Waals surface area contributed by atoms with E-state index in [1.54, 1.807) is 17.0 Å². The van der Waals surface area contributed by atoms with E-state index in [0.29, 0.717) is 33.3 Å². The molecule has 220 valence electrons. The summed E-state index contributed by atoms with van der Waals surface area (Å²) in [5.41, 5.74) is 5.13. The van der Waals surface area contributed by atoms with E-state index < -0.39 is 5.60 Å². The van der Waals surface area contributed by atoms with Gasteiger partial charge in [0, 0.05) is 61.5 Å².